The number of nitrogens with one attached hydrogen (secondary N) is 2. The molecular weight excluding hydrogens is 548 g/mol. The molecule has 0 radical (unpaired) electrons. The highest BCUT2D eigenvalue weighted by atomic mass is 16.5. The van der Waals surface area contributed by atoms with Crippen LogP contribution in [0.4, 0.5) is 10.5 Å². The molecule has 0 bridgehead atoms. The molecule has 6 heteroatoms. The Morgan fingerprint density at radius 3 is 1.86 bits per heavy atom. The molecule has 3 N–H and O–H groups in total. The van der Waals surface area contributed by atoms with Gasteiger partial charge in [-0.15, -0.1) is 0 Å². The van der Waals surface area contributed by atoms with Crippen LogP contribution in [0.5, 0.6) is 5.75 Å². The number of hydrogen-bond donors (Lipinski definition) is 3. The normalized spacial score (nSPS) is 12.3. The van der Waals surface area contributed by atoms with Gasteiger partial charge in [0.05, 0.1) is 0 Å². The Morgan fingerprint density at radius 1 is 0.727 bits per heavy atom. The standard InChI is InChI=1S/C38H44N2O4/c1-37(2,3)30-23-27(24-31(34(30)41)38(4,5)6)21-22-28-17-13-14-20-32(28)39-36(43)40-33(29-18-11-8-12-19-29)35(42)44-25-26-15-9-7-10-16-26/h7-20,23-24,33,41H,21-22,25H2,1-6H3,(H2,39,40,43)/t33-/m0/s1. The number of anilines is 1. The summed E-state index contributed by atoms with van der Waals surface area (Å²) >= 11 is 0. The van der Waals surface area contributed by atoms with Crippen molar-refractivity contribution in [2.24, 2.45) is 0 Å². The number of esters is 1. The van der Waals surface area contributed by atoms with Crippen molar-refractivity contribution < 1.29 is 19.4 Å². The van der Waals surface area contributed by atoms with Gasteiger partial charge in [0.2, 0.25) is 0 Å². The molecule has 0 saturated heterocycles. The Balaban J connectivity index is 1.50. The molecule has 0 fully saturated rings. The Bertz CT molecular complexity index is 1530. The van der Waals surface area contributed by atoms with Crippen LogP contribution in [-0.4, -0.2) is 17.1 Å². The van der Waals surface area contributed by atoms with E-state index in [1.807, 2.05) is 72.8 Å². The first-order valence-electron chi connectivity index (χ1n) is 15.1. The molecule has 2 amide bonds. The van der Waals surface area contributed by atoms with Gasteiger partial charge in [0, 0.05) is 5.69 Å². The first kappa shape index (κ1) is 32.3. The third kappa shape index (κ3) is 8.50. The van der Waals surface area contributed by atoms with Crippen molar-refractivity contribution in [3.63, 3.8) is 0 Å². The number of aryl methyl sites for hydroxylation is 2. The minimum atomic E-state index is -0.976. The van der Waals surface area contributed by atoms with Crippen LogP contribution in [0, 0.1) is 0 Å². The Labute approximate surface area is 261 Å². The molecule has 4 aromatic carbocycles. The van der Waals surface area contributed by atoms with Crippen molar-refractivity contribution >= 4 is 17.7 Å². The Morgan fingerprint density at radius 2 is 1.27 bits per heavy atom. The van der Waals surface area contributed by atoms with Crippen molar-refractivity contribution in [3.05, 3.63) is 130 Å². The van der Waals surface area contributed by atoms with Crippen LogP contribution in [0.2, 0.25) is 0 Å². The Kier molecular flexibility index (Phi) is 10.1. The zero-order valence-electron chi connectivity index (χ0n) is 26.6. The molecular formula is C38H44N2O4. The first-order valence-corrected chi connectivity index (χ1v) is 15.1. The summed E-state index contributed by atoms with van der Waals surface area (Å²) in [5.74, 6) is -0.178. The van der Waals surface area contributed by atoms with Crippen LogP contribution < -0.4 is 10.6 Å². The predicted octanol–water partition coefficient (Wildman–Crippen LogP) is 8.38. The molecule has 44 heavy (non-hydrogen) atoms. The number of phenolic OH excluding ortho intramolecular Hbond substituents is 1. The fourth-order valence-corrected chi connectivity index (χ4v) is 5.15. The number of phenols is 1. The number of carbonyl (C=O) groups excluding carboxylic acids is 2. The van der Waals surface area contributed by atoms with E-state index in [0.717, 1.165) is 34.2 Å². The quantitative estimate of drug-likeness (QED) is 0.170. The first-order chi connectivity index (χ1) is 20.8. The van der Waals surface area contributed by atoms with E-state index in [-0.39, 0.29) is 17.4 Å². The lowest BCUT2D eigenvalue weighted by molar-refractivity contribution is -0.147. The van der Waals surface area contributed by atoms with Gasteiger partial charge in [0.1, 0.15) is 12.4 Å². The van der Waals surface area contributed by atoms with Gasteiger partial charge in [0.15, 0.2) is 6.04 Å². The van der Waals surface area contributed by atoms with Crippen LogP contribution in [0.25, 0.3) is 0 Å². The Hall–Kier alpha value is -4.58. The number of carbonyl (C=O) groups is 2. The van der Waals surface area contributed by atoms with E-state index in [4.69, 9.17) is 4.74 Å². The van der Waals surface area contributed by atoms with Gasteiger partial charge < -0.3 is 20.5 Å². The van der Waals surface area contributed by atoms with Crippen molar-refractivity contribution in [1.29, 1.82) is 0 Å². The minimum absolute atomic E-state index is 0.111. The summed E-state index contributed by atoms with van der Waals surface area (Å²) in [5, 5.41) is 16.9. The average molecular weight is 593 g/mol. The second-order valence-electron chi connectivity index (χ2n) is 13.2. The largest absolute Gasteiger partial charge is 0.507 e. The SMILES string of the molecule is CC(C)(C)c1cc(CCc2ccccc2NC(=O)N[C@H](C(=O)OCc2ccccc2)c2ccccc2)cc(C(C)(C)C)c1O. The number of urea groups is 1. The summed E-state index contributed by atoms with van der Waals surface area (Å²) in [4.78, 5) is 26.5. The molecule has 4 rings (SSSR count). The molecule has 6 nitrogen and oxygen atoms in total. The highest BCUT2D eigenvalue weighted by Crippen LogP contribution is 2.40. The molecule has 4 aromatic rings. The minimum Gasteiger partial charge on any atom is -0.507 e. The molecule has 0 saturated carbocycles. The molecule has 0 aromatic heterocycles. The van der Waals surface area contributed by atoms with Gasteiger partial charge in [-0.25, -0.2) is 9.59 Å². The van der Waals surface area contributed by atoms with E-state index in [0.29, 0.717) is 23.4 Å². The van der Waals surface area contributed by atoms with E-state index in [2.05, 4.69) is 64.3 Å². The van der Waals surface area contributed by atoms with E-state index >= 15 is 0 Å². The van der Waals surface area contributed by atoms with E-state index in [1.54, 1.807) is 12.1 Å². The number of para-hydroxylation sites is 1. The van der Waals surface area contributed by atoms with Gasteiger partial charge >= 0.3 is 12.0 Å². The van der Waals surface area contributed by atoms with E-state index in [9.17, 15) is 14.7 Å². The molecule has 0 unspecified atom stereocenters. The molecule has 0 spiro atoms. The summed E-state index contributed by atoms with van der Waals surface area (Å²) in [6.45, 7) is 12.8. The molecule has 0 aliphatic carbocycles. The van der Waals surface area contributed by atoms with Crippen molar-refractivity contribution in [3.8, 4) is 5.75 Å². The van der Waals surface area contributed by atoms with Crippen LogP contribution in [0.15, 0.2) is 97.1 Å². The van der Waals surface area contributed by atoms with Gasteiger partial charge in [-0.3, -0.25) is 0 Å². The van der Waals surface area contributed by atoms with Crippen LogP contribution >= 0.6 is 0 Å². The summed E-state index contributed by atoms with van der Waals surface area (Å²) < 4.78 is 5.58. The van der Waals surface area contributed by atoms with Gasteiger partial charge in [0.25, 0.3) is 0 Å². The third-order valence-electron chi connectivity index (χ3n) is 7.60. The van der Waals surface area contributed by atoms with Crippen molar-refractivity contribution in [1.82, 2.24) is 5.32 Å². The zero-order chi connectivity index (χ0) is 31.9. The summed E-state index contributed by atoms with van der Waals surface area (Å²) in [7, 11) is 0. The maximum absolute atomic E-state index is 13.3. The predicted molar refractivity (Wildman–Crippen MR) is 177 cm³/mol. The summed E-state index contributed by atoms with van der Waals surface area (Å²) in [6, 6.07) is 28.9. The van der Waals surface area contributed by atoms with Crippen LogP contribution in [0.1, 0.15) is 81.0 Å². The number of hydrogen-bond acceptors (Lipinski definition) is 4. The fraction of sp³-hybridized carbons (Fsp3) is 0.316. The highest BCUT2D eigenvalue weighted by molar-refractivity contribution is 5.93. The monoisotopic (exact) mass is 592 g/mol. The molecule has 1 atom stereocenters. The number of aromatic hydroxyl groups is 1. The molecule has 0 aliphatic heterocycles. The lowest BCUT2D eigenvalue weighted by atomic mass is 9.78. The van der Waals surface area contributed by atoms with Crippen LogP contribution in [-0.2, 0) is 39.8 Å². The van der Waals surface area contributed by atoms with Gasteiger partial charge in [-0.05, 0) is 63.1 Å². The average Bonchev–Trinajstić information content (AvgIpc) is 2.98. The smallest absolute Gasteiger partial charge is 0.333 e. The van der Waals surface area contributed by atoms with Crippen molar-refractivity contribution in [2.75, 3.05) is 5.32 Å². The second-order valence-corrected chi connectivity index (χ2v) is 13.2. The number of amides is 2. The van der Waals surface area contributed by atoms with E-state index in [1.165, 1.54) is 0 Å². The lowest BCUT2D eigenvalue weighted by Crippen LogP contribution is -2.37. The lowest BCUT2D eigenvalue weighted by Gasteiger charge is -2.28. The fourth-order valence-electron chi connectivity index (χ4n) is 5.15. The van der Waals surface area contributed by atoms with Crippen LogP contribution in [0.3, 0.4) is 0 Å². The number of benzene rings is 4. The summed E-state index contributed by atoms with van der Waals surface area (Å²) in [6.07, 6.45) is 1.40. The molecule has 0 heterocycles. The van der Waals surface area contributed by atoms with Crippen molar-refractivity contribution in [2.45, 2.75) is 77.9 Å². The maximum Gasteiger partial charge on any atom is 0.333 e. The highest BCUT2D eigenvalue weighted by Gasteiger charge is 2.27. The van der Waals surface area contributed by atoms with E-state index < -0.39 is 18.0 Å². The molecule has 230 valence electrons. The maximum atomic E-state index is 13.3. The summed E-state index contributed by atoms with van der Waals surface area (Å²) in [5.41, 5.74) is 5.68. The third-order valence-corrected chi connectivity index (χ3v) is 7.60. The molecule has 0 aliphatic rings. The van der Waals surface area contributed by atoms with Gasteiger partial charge in [-0.1, -0.05) is 133 Å². The number of ether oxygens (including phenoxy) is 1. The zero-order valence-corrected chi connectivity index (χ0v) is 26.6. The topological polar surface area (TPSA) is 87.7 Å². The second kappa shape index (κ2) is 13.8. The van der Waals surface area contributed by atoms with Gasteiger partial charge in [-0.2, -0.15) is 0 Å². The number of rotatable bonds is 9.